The van der Waals surface area contributed by atoms with Crippen molar-refractivity contribution in [3.05, 3.63) is 30.0 Å². The van der Waals surface area contributed by atoms with E-state index >= 15 is 0 Å². The molecule has 1 aromatic heterocycles. The van der Waals surface area contributed by atoms with E-state index in [1.54, 1.807) is 7.11 Å². The van der Waals surface area contributed by atoms with E-state index in [0.29, 0.717) is 13.0 Å². The minimum Gasteiger partial charge on any atom is -0.385 e. The van der Waals surface area contributed by atoms with E-state index in [2.05, 4.69) is 5.10 Å². The molecule has 1 heterocycles. The normalized spacial score (nSPS) is 10.9. The molecule has 4 nitrogen and oxygen atoms in total. The zero-order chi connectivity index (χ0) is 12.3. The number of ether oxygens (including phenoxy) is 1. The zero-order valence-electron chi connectivity index (χ0n) is 10.1. The lowest BCUT2D eigenvalue weighted by Crippen LogP contribution is -2.12. The van der Waals surface area contributed by atoms with Crippen LogP contribution in [0, 0.1) is 6.92 Å². The number of nitrogens with zero attached hydrogens (tertiary/aromatic N) is 2. The average Bonchev–Trinajstić information content (AvgIpc) is 2.68. The highest BCUT2D eigenvalue weighted by atomic mass is 16.5. The molecular weight excluding hydrogens is 216 g/mol. The molecule has 0 saturated carbocycles. The number of para-hydroxylation sites is 1. The first-order valence-corrected chi connectivity index (χ1v) is 5.70. The van der Waals surface area contributed by atoms with Crippen LogP contribution in [0.25, 0.3) is 10.9 Å². The van der Waals surface area contributed by atoms with E-state index in [-0.39, 0.29) is 5.91 Å². The molecule has 90 valence electrons. The Kier molecular flexibility index (Phi) is 3.54. The van der Waals surface area contributed by atoms with Crippen molar-refractivity contribution >= 4 is 16.8 Å². The van der Waals surface area contributed by atoms with Crippen LogP contribution in [-0.4, -0.2) is 29.4 Å². The maximum atomic E-state index is 12.0. The van der Waals surface area contributed by atoms with Crippen molar-refractivity contribution in [3.8, 4) is 0 Å². The number of carbonyl (C=O) groups is 1. The number of aromatic nitrogens is 2. The molecule has 2 rings (SSSR count). The number of benzene rings is 1. The molecule has 0 aliphatic carbocycles. The first-order valence-electron chi connectivity index (χ1n) is 5.70. The van der Waals surface area contributed by atoms with Gasteiger partial charge in [0.15, 0.2) is 0 Å². The summed E-state index contributed by atoms with van der Waals surface area (Å²) in [6.45, 7) is 2.52. The number of fused-ring (bicyclic) bond motifs is 1. The Morgan fingerprint density at radius 1 is 1.41 bits per heavy atom. The van der Waals surface area contributed by atoms with Crippen molar-refractivity contribution in [2.45, 2.75) is 19.8 Å². The van der Waals surface area contributed by atoms with E-state index in [1.807, 2.05) is 31.2 Å². The summed E-state index contributed by atoms with van der Waals surface area (Å²) in [5.41, 5.74) is 1.77. The van der Waals surface area contributed by atoms with Crippen LogP contribution in [0.15, 0.2) is 24.3 Å². The third-order valence-corrected chi connectivity index (χ3v) is 2.75. The fourth-order valence-corrected chi connectivity index (χ4v) is 1.89. The van der Waals surface area contributed by atoms with Crippen LogP contribution in [0.3, 0.4) is 0 Å². The van der Waals surface area contributed by atoms with Gasteiger partial charge in [0.1, 0.15) is 0 Å². The first kappa shape index (κ1) is 11.8. The van der Waals surface area contributed by atoms with Gasteiger partial charge in [-0.2, -0.15) is 9.78 Å². The molecule has 0 fully saturated rings. The van der Waals surface area contributed by atoms with E-state index < -0.39 is 0 Å². The topological polar surface area (TPSA) is 44.1 Å². The zero-order valence-corrected chi connectivity index (χ0v) is 10.1. The molecule has 0 amide bonds. The minimum atomic E-state index is 0.0198. The van der Waals surface area contributed by atoms with Crippen LogP contribution in [-0.2, 0) is 4.74 Å². The molecule has 0 radical (unpaired) electrons. The average molecular weight is 232 g/mol. The molecule has 0 N–H and O–H groups in total. The Balaban J connectivity index is 2.26. The lowest BCUT2D eigenvalue weighted by Gasteiger charge is -2.01. The lowest BCUT2D eigenvalue weighted by molar-refractivity contribution is 0.0873. The van der Waals surface area contributed by atoms with Gasteiger partial charge >= 0.3 is 0 Å². The summed E-state index contributed by atoms with van der Waals surface area (Å²) in [5, 5.41) is 5.33. The standard InChI is InChI=1S/C13H16N2O2/c1-10-11-6-3-4-7-12(11)15(14-10)13(16)8-5-9-17-2/h3-4,6-7H,5,8-9H2,1-2H3. The Bertz CT molecular complexity index is 531. The summed E-state index contributed by atoms with van der Waals surface area (Å²) in [6, 6.07) is 7.78. The van der Waals surface area contributed by atoms with Crippen molar-refractivity contribution in [2.24, 2.45) is 0 Å². The summed E-state index contributed by atoms with van der Waals surface area (Å²) in [4.78, 5) is 12.0. The first-order chi connectivity index (χ1) is 8.24. The number of methoxy groups -OCH3 is 1. The third kappa shape index (κ3) is 2.36. The van der Waals surface area contributed by atoms with E-state index in [0.717, 1.165) is 23.0 Å². The Morgan fingerprint density at radius 2 is 2.18 bits per heavy atom. The summed E-state index contributed by atoms with van der Waals surface area (Å²) in [5.74, 6) is 0.0198. The Labute approximate surface area is 100 Å². The summed E-state index contributed by atoms with van der Waals surface area (Å²) in [7, 11) is 1.64. The van der Waals surface area contributed by atoms with Crippen molar-refractivity contribution in [1.82, 2.24) is 9.78 Å². The molecule has 0 atom stereocenters. The van der Waals surface area contributed by atoms with Crippen LogP contribution in [0.1, 0.15) is 23.3 Å². The van der Waals surface area contributed by atoms with Gasteiger partial charge in [-0.15, -0.1) is 0 Å². The molecule has 0 aliphatic heterocycles. The molecule has 0 aliphatic rings. The van der Waals surface area contributed by atoms with Gasteiger partial charge in [0, 0.05) is 25.5 Å². The molecule has 0 unspecified atom stereocenters. The van der Waals surface area contributed by atoms with Gasteiger partial charge in [0.05, 0.1) is 11.2 Å². The maximum absolute atomic E-state index is 12.0. The lowest BCUT2D eigenvalue weighted by atomic mass is 10.2. The highest BCUT2D eigenvalue weighted by molar-refractivity contribution is 5.92. The van der Waals surface area contributed by atoms with Gasteiger partial charge in [0.25, 0.3) is 0 Å². The summed E-state index contributed by atoms with van der Waals surface area (Å²) in [6.07, 6.45) is 1.18. The fourth-order valence-electron chi connectivity index (χ4n) is 1.89. The van der Waals surface area contributed by atoms with Crippen molar-refractivity contribution in [2.75, 3.05) is 13.7 Å². The summed E-state index contributed by atoms with van der Waals surface area (Å²) >= 11 is 0. The molecule has 17 heavy (non-hydrogen) atoms. The number of aryl methyl sites for hydroxylation is 1. The molecule has 0 spiro atoms. The SMILES string of the molecule is COCCCC(=O)n1nc(C)c2ccccc21. The number of rotatable bonds is 4. The predicted octanol–water partition coefficient (Wildman–Crippen LogP) is 2.41. The molecule has 2 aromatic rings. The second kappa shape index (κ2) is 5.10. The van der Waals surface area contributed by atoms with E-state index in [9.17, 15) is 4.79 Å². The number of carbonyl (C=O) groups excluding carboxylic acids is 1. The van der Waals surface area contributed by atoms with Crippen molar-refractivity contribution in [3.63, 3.8) is 0 Å². The molecule has 4 heteroatoms. The van der Waals surface area contributed by atoms with Gasteiger partial charge in [-0.1, -0.05) is 18.2 Å². The quantitative estimate of drug-likeness (QED) is 0.760. The highest BCUT2D eigenvalue weighted by Crippen LogP contribution is 2.17. The fraction of sp³-hybridized carbons (Fsp3) is 0.385. The van der Waals surface area contributed by atoms with E-state index in [1.165, 1.54) is 4.68 Å². The second-order valence-corrected chi connectivity index (χ2v) is 4.00. The predicted molar refractivity (Wildman–Crippen MR) is 66.2 cm³/mol. The summed E-state index contributed by atoms with van der Waals surface area (Å²) < 4.78 is 6.44. The molecule has 0 bridgehead atoms. The van der Waals surface area contributed by atoms with Crippen LogP contribution in [0.2, 0.25) is 0 Å². The second-order valence-electron chi connectivity index (χ2n) is 4.00. The van der Waals surface area contributed by atoms with Crippen LogP contribution in [0.4, 0.5) is 0 Å². The van der Waals surface area contributed by atoms with Crippen LogP contribution in [0.5, 0.6) is 0 Å². The Hall–Kier alpha value is -1.68. The Morgan fingerprint density at radius 3 is 2.94 bits per heavy atom. The molecule has 1 aromatic carbocycles. The van der Waals surface area contributed by atoms with Crippen LogP contribution < -0.4 is 0 Å². The van der Waals surface area contributed by atoms with Crippen LogP contribution >= 0.6 is 0 Å². The molecular formula is C13H16N2O2. The minimum absolute atomic E-state index is 0.0198. The molecule has 0 saturated heterocycles. The van der Waals surface area contributed by atoms with Gasteiger partial charge in [-0.3, -0.25) is 4.79 Å². The smallest absolute Gasteiger partial charge is 0.247 e. The van der Waals surface area contributed by atoms with Gasteiger partial charge < -0.3 is 4.74 Å². The van der Waals surface area contributed by atoms with Gasteiger partial charge in [-0.25, -0.2) is 0 Å². The number of hydrogen-bond acceptors (Lipinski definition) is 3. The van der Waals surface area contributed by atoms with Crippen molar-refractivity contribution < 1.29 is 9.53 Å². The van der Waals surface area contributed by atoms with Gasteiger partial charge in [0.2, 0.25) is 5.91 Å². The highest BCUT2D eigenvalue weighted by Gasteiger charge is 2.12. The monoisotopic (exact) mass is 232 g/mol. The third-order valence-electron chi connectivity index (χ3n) is 2.75. The number of hydrogen-bond donors (Lipinski definition) is 0. The van der Waals surface area contributed by atoms with E-state index in [4.69, 9.17) is 4.74 Å². The maximum Gasteiger partial charge on any atom is 0.247 e. The van der Waals surface area contributed by atoms with Crippen molar-refractivity contribution in [1.29, 1.82) is 0 Å². The largest absolute Gasteiger partial charge is 0.385 e. The van der Waals surface area contributed by atoms with Gasteiger partial charge in [-0.05, 0) is 19.4 Å².